The maximum absolute atomic E-state index is 14.9. The first-order valence-corrected chi connectivity index (χ1v) is 13.1. The predicted molar refractivity (Wildman–Crippen MR) is 138 cm³/mol. The number of unbranched alkanes of at least 4 members (excludes halogenated alkanes) is 3. The van der Waals surface area contributed by atoms with Crippen LogP contribution in [0, 0.1) is 23.4 Å². The van der Waals surface area contributed by atoms with E-state index in [0.717, 1.165) is 44.1 Å². The number of benzene rings is 3. The third kappa shape index (κ3) is 6.19. The van der Waals surface area contributed by atoms with Gasteiger partial charge in [0.05, 0.1) is 13.2 Å². The molecule has 1 aliphatic rings. The molecule has 0 spiro atoms. The summed E-state index contributed by atoms with van der Waals surface area (Å²) < 4.78 is 55.9. The van der Waals surface area contributed by atoms with Gasteiger partial charge >= 0.3 is 0 Å². The van der Waals surface area contributed by atoms with Crippen LogP contribution in [0.4, 0.5) is 13.2 Å². The quantitative estimate of drug-likeness (QED) is 0.261. The molecule has 1 heterocycles. The minimum absolute atomic E-state index is 0.228. The van der Waals surface area contributed by atoms with Crippen LogP contribution in [0.5, 0.6) is 0 Å². The monoisotopic (exact) mass is 496 g/mol. The summed E-state index contributed by atoms with van der Waals surface area (Å²) >= 11 is 0. The van der Waals surface area contributed by atoms with E-state index in [-0.39, 0.29) is 5.56 Å². The highest BCUT2D eigenvalue weighted by Gasteiger charge is 2.25. The van der Waals surface area contributed by atoms with Crippen LogP contribution in [0.15, 0.2) is 54.6 Å². The molecule has 192 valence electrons. The van der Waals surface area contributed by atoms with Gasteiger partial charge in [-0.3, -0.25) is 0 Å². The highest BCUT2D eigenvalue weighted by molar-refractivity contribution is 5.71. The average Bonchev–Trinajstić information content (AvgIpc) is 2.90. The van der Waals surface area contributed by atoms with Crippen LogP contribution in [0.3, 0.4) is 0 Å². The van der Waals surface area contributed by atoms with Gasteiger partial charge in [-0.25, -0.2) is 13.2 Å². The second-order valence-electron chi connectivity index (χ2n) is 9.68. The zero-order valence-electron chi connectivity index (χ0n) is 21.2. The maximum atomic E-state index is 14.9. The van der Waals surface area contributed by atoms with Crippen molar-refractivity contribution in [1.29, 1.82) is 0 Å². The Morgan fingerprint density at radius 1 is 0.722 bits per heavy atom. The Kier molecular flexibility index (Phi) is 9.22. The van der Waals surface area contributed by atoms with E-state index in [4.69, 9.17) is 9.47 Å². The third-order valence-corrected chi connectivity index (χ3v) is 6.91. The van der Waals surface area contributed by atoms with E-state index in [2.05, 4.69) is 13.8 Å². The molecule has 1 aliphatic heterocycles. The first kappa shape index (κ1) is 26.4. The minimum atomic E-state index is -0.820. The van der Waals surface area contributed by atoms with Crippen molar-refractivity contribution in [2.24, 2.45) is 5.92 Å². The summed E-state index contributed by atoms with van der Waals surface area (Å²) in [5, 5.41) is 0. The lowest BCUT2D eigenvalue weighted by atomic mass is 9.97. The Morgan fingerprint density at radius 2 is 1.42 bits per heavy atom. The lowest BCUT2D eigenvalue weighted by molar-refractivity contribution is -0.207. The maximum Gasteiger partial charge on any atom is 0.186 e. The van der Waals surface area contributed by atoms with Crippen molar-refractivity contribution in [2.45, 2.75) is 65.1 Å². The number of aryl methyl sites for hydroxylation is 1. The van der Waals surface area contributed by atoms with Crippen molar-refractivity contribution in [3.63, 3.8) is 0 Å². The summed E-state index contributed by atoms with van der Waals surface area (Å²) in [4.78, 5) is 0. The first-order valence-electron chi connectivity index (χ1n) is 13.1. The molecule has 0 amide bonds. The smallest absolute Gasteiger partial charge is 0.186 e. The predicted octanol–water partition coefficient (Wildman–Crippen LogP) is 9.02. The molecule has 3 aromatic carbocycles. The molecule has 36 heavy (non-hydrogen) atoms. The lowest BCUT2D eigenvalue weighted by Crippen LogP contribution is -2.27. The van der Waals surface area contributed by atoms with E-state index in [1.807, 2.05) is 6.07 Å². The molecule has 1 saturated heterocycles. The average molecular weight is 497 g/mol. The molecular weight excluding hydrogens is 461 g/mol. The van der Waals surface area contributed by atoms with E-state index >= 15 is 0 Å². The summed E-state index contributed by atoms with van der Waals surface area (Å²) in [5.74, 6) is -1.62. The van der Waals surface area contributed by atoms with E-state index in [9.17, 15) is 13.2 Å². The summed E-state index contributed by atoms with van der Waals surface area (Å²) in [5.41, 5.74) is 3.09. The SMILES string of the molecule is CCCCCCc1ccc(-c2ccc(-c3ccc(C4OCC(CCC)CO4)c(F)c3)cc2)c(F)c1F. The number of rotatable bonds is 10. The molecule has 0 aliphatic carbocycles. The number of ether oxygens (including phenoxy) is 2. The standard InChI is InChI=1S/C31H35F3O2/c1-3-5-6-7-9-24-14-16-26(30(34)29(24)33)23-12-10-22(11-13-23)25-15-17-27(28(32)18-25)31-35-19-21(8-4-2)20-36-31/h10-18,21,31H,3-9,19-20H2,1-2H3. The molecule has 2 nitrogen and oxygen atoms in total. The largest absolute Gasteiger partial charge is 0.348 e. The van der Waals surface area contributed by atoms with Gasteiger partial charge < -0.3 is 9.47 Å². The zero-order chi connectivity index (χ0) is 25.5. The van der Waals surface area contributed by atoms with E-state index < -0.39 is 23.7 Å². The van der Waals surface area contributed by atoms with Gasteiger partial charge in [-0.15, -0.1) is 0 Å². The minimum Gasteiger partial charge on any atom is -0.348 e. The van der Waals surface area contributed by atoms with Crippen LogP contribution in [0.1, 0.15) is 69.8 Å². The van der Waals surface area contributed by atoms with Crippen molar-refractivity contribution in [3.8, 4) is 22.3 Å². The van der Waals surface area contributed by atoms with Gasteiger partial charge in [-0.2, -0.15) is 0 Å². The van der Waals surface area contributed by atoms with Gasteiger partial charge in [-0.1, -0.05) is 88.1 Å². The second kappa shape index (κ2) is 12.6. The molecule has 1 fully saturated rings. The first-order chi connectivity index (χ1) is 17.5. The molecule has 0 bridgehead atoms. The molecule has 0 radical (unpaired) electrons. The molecule has 3 aromatic rings. The fraction of sp³-hybridized carbons (Fsp3) is 0.419. The Balaban J connectivity index is 1.45. The number of halogens is 3. The fourth-order valence-electron chi connectivity index (χ4n) is 4.79. The van der Waals surface area contributed by atoms with Gasteiger partial charge in [0, 0.05) is 17.0 Å². The van der Waals surface area contributed by atoms with Crippen molar-refractivity contribution in [1.82, 2.24) is 0 Å². The van der Waals surface area contributed by atoms with Crippen LogP contribution in [0.25, 0.3) is 22.3 Å². The molecule has 0 N–H and O–H groups in total. The Hall–Kier alpha value is -2.63. The van der Waals surface area contributed by atoms with Crippen LogP contribution < -0.4 is 0 Å². The number of hydrogen-bond acceptors (Lipinski definition) is 2. The van der Waals surface area contributed by atoms with Crippen LogP contribution >= 0.6 is 0 Å². The van der Waals surface area contributed by atoms with Crippen molar-refractivity contribution < 1.29 is 22.6 Å². The van der Waals surface area contributed by atoms with Gasteiger partial charge in [0.1, 0.15) is 5.82 Å². The topological polar surface area (TPSA) is 18.5 Å². The Morgan fingerprint density at radius 3 is 2.08 bits per heavy atom. The van der Waals surface area contributed by atoms with Crippen molar-refractivity contribution in [2.75, 3.05) is 13.2 Å². The Labute approximate surface area is 212 Å². The number of hydrogen-bond donors (Lipinski definition) is 0. The molecule has 0 atom stereocenters. The van der Waals surface area contributed by atoms with Crippen molar-refractivity contribution in [3.05, 3.63) is 83.2 Å². The van der Waals surface area contributed by atoms with Gasteiger partial charge in [-0.05, 0) is 47.6 Å². The second-order valence-corrected chi connectivity index (χ2v) is 9.68. The zero-order valence-corrected chi connectivity index (χ0v) is 21.2. The molecule has 0 aromatic heterocycles. The Bertz CT molecular complexity index is 1140. The summed E-state index contributed by atoms with van der Waals surface area (Å²) in [6.45, 7) is 5.38. The lowest BCUT2D eigenvalue weighted by Gasteiger charge is -2.29. The fourth-order valence-corrected chi connectivity index (χ4v) is 4.79. The van der Waals surface area contributed by atoms with Gasteiger partial charge in [0.2, 0.25) is 0 Å². The van der Waals surface area contributed by atoms with Crippen LogP contribution in [-0.2, 0) is 15.9 Å². The molecule has 5 heteroatoms. The van der Waals surface area contributed by atoms with Crippen LogP contribution in [0.2, 0.25) is 0 Å². The molecule has 4 rings (SSSR count). The summed E-state index contributed by atoms with van der Waals surface area (Å²) in [6, 6.07) is 15.4. The molecule has 0 unspecified atom stereocenters. The highest BCUT2D eigenvalue weighted by Crippen LogP contribution is 2.33. The van der Waals surface area contributed by atoms with E-state index in [1.165, 1.54) is 6.07 Å². The highest BCUT2D eigenvalue weighted by atomic mass is 19.2. The summed E-state index contributed by atoms with van der Waals surface area (Å²) in [6.07, 6.45) is 6.02. The summed E-state index contributed by atoms with van der Waals surface area (Å²) in [7, 11) is 0. The third-order valence-electron chi connectivity index (χ3n) is 6.91. The van der Waals surface area contributed by atoms with E-state index in [0.29, 0.717) is 47.8 Å². The normalized spacial score (nSPS) is 17.9. The van der Waals surface area contributed by atoms with Gasteiger partial charge in [0.25, 0.3) is 0 Å². The molecular formula is C31H35F3O2. The molecule has 0 saturated carbocycles. The van der Waals surface area contributed by atoms with Crippen LogP contribution in [-0.4, -0.2) is 13.2 Å². The van der Waals surface area contributed by atoms with E-state index in [1.54, 1.807) is 42.5 Å². The van der Waals surface area contributed by atoms with Gasteiger partial charge in [0.15, 0.2) is 17.9 Å². The van der Waals surface area contributed by atoms with Crippen molar-refractivity contribution >= 4 is 0 Å².